The Balaban J connectivity index is 2.15. The molecular weight excluding hydrogens is 378 g/mol. The molecule has 1 fully saturated rings. The second-order valence-corrected chi connectivity index (χ2v) is 7.75. The molecule has 0 aliphatic carbocycles. The lowest BCUT2D eigenvalue weighted by atomic mass is 9.92. The Kier molecular flexibility index (Phi) is 6.73. The highest BCUT2D eigenvalue weighted by molar-refractivity contribution is 6.46. The molecule has 1 heterocycles. The number of hydrogen-bond acceptors (Lipinski definition) is 4. The summed E-state index contributed by atoms with van der Waals surface area (Å²) in [5.74, 6) is -1.34. The van der Waals surface area contributed by atoms with Crippen LogP contribution in [0.25, 0.3) is 5.76 Å². The lowest BCUT2D eigenvalue weighted by molar-refractivity contribution is -0.140. The number of Topliss-reactive ketones (excluding diaryl/α,β-unsaturated/α-hetero) is 1. The van der Waals surface area contributed by atoms with Crippen LogP contribution in [0.15, 0.2) is 48.0 Å². The van der Waals surface area contributed by atoms with Gasteiger partial charge in [-0.05, 0) is 49.4 Å². The molecule has 0 radical (unpaired) electrons. The van der Waals surface area contributed by atoms with Crippen LogP contribution in [0.5, 0.6) is 0 Å². The standard InChI is InChI=1S/C25H29NO4/c1-5-18-9-11-19(12-10-18)22-21(23(27)20-15-16(2)7-8-17(20)3)24(28)25(29)26(22)13-6-14-30-4/h7-12,15,22,27H,5-6,13-14H2,1-4H3. The number of aliphatic hydroxyl groups excluding tert-OH is 1. The number of carbonyl (C=O) groups is 2. The zero-order valence-electron chi connectivity index (χ0n) is 18.1. The van der Waals surface area contributed by atoms with Gasteiger partial charge in [-0.1, -0.05) is 48.9 Å². The van der Waals surface area contributed by atoms with E-state index in [2.05, 4.69) is 6.92 Å². The Morgan fingerprint density at radius 2 is 1.80 bits per heavy atom. The Morgan fingerprint density at radius 3 is 2.43 bits per heavy atom. The van der Waals surface area contributed by atoms with Crippen LogP contribution in [0.2, 0.25) is 0 Å². The molecule has 2 aromatic carbocycles. The summed E-state index contributed by atoms with van der Waals surface area (Å²) < 4.78 is 5.12. The van der Waals surface area contributed by atoms with Crippen molar-refractivity contribution in [1.29, 1.82) is 0 Å². The lowest BCUT2D eigenvalue weighted by Crippen LogP contribution is -2.31. The van der Waals surface area contributed by atoms with Crippen LogP contribution in [0.3, 0.4) is 0 Å². The maximum absolute atomic E-state index is 13.0. The summed E-state index contributed by atoms with van der Waals surface area (Å²) in [5, 5.41) is 11.2. The summed E-state index contributed by atoms with van der Waals surface area (Å²) >= 11 is 0. The molecule has 3 rings (SSSR count). The Bertz CT molecular complexity index is 975. The highest BCUT2D eigenvalue weighted by Crippen LogP contribution is 2.40. The Morgan fingerprint density at radius 1 is 1.10 bits per heavy atom. The molecule has 30 heavy (non-hydrogen) atoms. The SMILES string of the molecule is CCc1ccc(C2C(=C(O)c3cc(C)ccc3C)C(=O)C(=O)N2CCCOC)cc1. The predicted molar refractivity (Wildman–Crippen MR) is 117 cm³/mol. The molecule has 1 aliphatic heterocycles. The Labute approximate surface area is 178 Å². The third-order valence-corrected chi connectivity index (χ3v) is 5.64. The number of nitrogens with zero attached hydrogens (tertiary/aromatic N) is 1. The van der Waals surface area contributed by atoms with Gasteiger partial charge in [-0.25, -0.2) is 0 Å². The van der Waals surface area contributed by atoms with Crippen molar-refractivity contribution in [2.75, 3.05) is 20.3 Å². The fraction of sp³-hybridized carbons (Fsp3) is 0.360. The zero-order chi connectivity index (χ0) is 21.8. The molecule has 2 aromatic rings. The molecule has 1 N–H and O–H groups in total. The average molecular weight is 408 g/mol. The molecule has 5 heteroatoms. The highest BCUT2D eigenvalue weighted by Gasteiger charge is 2.45. The monoisotopic (exact) mass is 407 g/mol. The molecule has 0 aromatic heterocycles. The molecule has 1 saturated heterocycles. The van der Waals surface area contributed by atoms with Crippen LogP contribution in [-0.2, 0) is 20.7 Å². The van der Waals surface area contributed by atoms with E-state index in [1.807, 2.05) is 56.3 Å². The summed E-state index contributed by atoms with van der Waals surface area (Å²) in [6, 6.07) is 13.0. The van der Waals surface area contributed by atoms with Gasteiger partial charge in [-0.3, -0.25) is 9.59 Å². The van der Waals surface area contributed by atoms with Gasteiger partial charge in [-0.15, -0.1) is 0 Å². The fourth-order valence-corrected chi connectivity index (χ4v) is 3.91. The van der Waals surface area contributed by atoms with E-state index >= 15 is 0 Å². The zero-order valence-corrected chi connectivity index (χ0v) is 18.1. The van der Waals surface area contributed by atoms with Gasteiger partial charge in [0.1, 0.15) is 5.76 Å². The van der Waals surface area contributed by atoms with E-state index in [1.165, 1.54) is 5.56 Å². The van der Waals surface area contributed by atoms with Crippen molar-refractivity contribution < 1.29 is 19.4 Å². The first-order chi connectivity index (χ1) is 14.4. The normalized spacial score (nSPS) is 18.3. The van der Waals surface area contributed by atoms with E-state index in [1.54, 1.807) is 12.0 Å². The molecule has 158 valence electrons. The van der Waals surface area contributed by atoms with Crippen LogP contribution in [0.4, 0.5) is 0 Å². The van der Waals surface area contributed by atoms with Crippen molar-refractivity contribution in [1.82, 2.24) is 4.90 Å². The third-order valence-electron chi connectivity index (χ3n) is 5.64. The van der Waals surface area contributed by atoms with Gasteiger partial charge < -0.3 is 14.7 Å². The number of aliphatic hydroxyl groups is 1. The molecule has 1 unspecified atom stereocenters. The van der Waals surface area contributed by atoms with Gasteiger partial charge in [0.05, 0.1) is 11.6 Å². The van der Waals surface area contributed by atoms with E-state index in [-0.39, 0.29) is 11.3 Å². The van der Waals surface area contributed by atoms with Crippen molar-refractivity contribution >= 4 is 17.4 Å². The van der Waals surface area contributed by atoms with Gasteiger partial charge in [-0.2, -0.15) is 0 Å². The number of amides is 1. The lowest BCUT2D eigenvalue weighted by Gasteiger charge is -2.25. The number of ether oxygens (including phenoxy) is 1. The topological polar surface area (TPSA) is 66.8 Å². The molecule has 0 bridgehead atoms. The van der Waals surface area contributed by atoms with Crippen LogP contribution in [0.1, 0.15) is 47.2 Å². The van der Waals surface area contributed by atoms with Crippen LogP contribution in [-0.4, -0.2) is 42.0 Å². The summed E-state index contributed by atoms with van der Waals surface area (Å²) in [7, 11) is 1.61. The average Bonchev–Trinajstić information content (AvgIpc) is 3.00. The third kappa shape index (κ3) is 4.17. The summed E-state index contributed by atoms with van der Waals surface area (Å²) in [4.78, 5) is 27.5. The summed E-state index contributed by atoms with van der Waals surface area (Å²) in [5.41, 5.74) is 4.54. The van der Waals surface area contributed by atoms with Gasteiger partial charge in [0.15, 0.2) is 0 Å². The summed E-state index contributed by atoms with van der Waals surface area (Å²) in [6.07, 6.45) is 1.51. The first-order valence-electron chi connectivity index (χ1n) is 10.3. The molecule has 0 saturated carbocycles. The predicted octanol–water partition coefficient (Wildman–Crippen LogP) is 4.32. The number of methoxy groups -OCH3 is 1. The van der Waals surface area contributed by atoms with Gasteiger partial charge >= 0.3 is 0 Å². The number of rotatable bonds is 7. The number of aryl methyl sites for hydroxylation is 3. The first-order valence-corrected chi connectivity index (χ1v) is 10.3. The van der Waals surface area contributed by atoms with Crippen molar-refractivity contribution in [3.8, 4) is 0 Å². The summed E-state index contributed by atoms with van der Waals surface area (Å²) in [6.45, 7) is 6.75. The van der Waals surface area contributed by atoms with E-state index in [0.29, 0.717) is 25.1 Å². The minimum atomic E-state index is -0.643. The first kappa shape index (κ1) is 21.8. The number of likely N-dealkylation sites (tertiary alicyclic amines) is 1. The molecule has 0 spiro atoms. The minimum absolute atomic E-state index is 0.117. The number of carbonyl (C=O) groups excluding carboxylic acids is 2. The van der Waals surface area contributed by atoms with Crippen LogP contribution < -0.4 is 0 Å². The van der Waals surface area contributed by atoms with Crippen molar-refractivity contribution in [3.05, 3.63) is 75.9 Å². The molecule has 1 atom stereocenters. The van der Waals surface area contributed by atoms with Gasteiger partial charge in [0.25, 0.3) is 11.7 Å². The number of hydrogen-bond donors (Lipinski definition) is 1. The van der Waals surface area contributed by atoms with Gasteiger partial charge in [0.2, 0.25) is 0 Å². The number of benzene rings is 2. The largest absolute Gasteiger partial charge is 0.507 e. The number of ketones is 1. The maximum atomic E-state index is 13.0. The molecular formula is C25H29NO4. The second kappa shape index (κ2) is 9.26. The van der Waals surface area contributed by atoms with E-state index in [0.717, 1.165) is 23.1 Å². The minimum Gasteiger partial charge on any atom is -0.507 e. The molecule has 1 aliphatic rings. The highest BCUT2D eigenvalue weighted by atomic mass is 16.5. The molecule has 1 amide bonds. The molecule has 5 nitrogen and oxygen atoms in total. The van der Waals surface area contributed by atoms with E-state index in [9.17, 15) is 14.7 Å². The van der Waals surface area contributed by atoms with E-state index < -0.39 is 17.7 Å². The van der Waals surface area contributed by atoms with Crippen LogP contribution >= 0.6 is 0 Å². The van der Waals surface area contributed by atoms with Crippen molar-refractivity contribution in [2.24, 2.45) is 0 Å². The van der Waals surface area contributed by atoms with E-state index in [4.69, 9.17) is 4.74 Å². The van der Waals surface area contributed by atoms with Crippen LogP contribution in [0, 0.1) is 13.8 Å². The fourth-order valence-electron chi connectivity index (χ4n) is 3.91. The maximum Gasteiger partial charge on any atom is 0.295 e. The Hall–Kier alpha value is -2.92. The van der Waals surface area contributed by atoms with Gasteiger partial charge in [0, 0.05) is 25.8 Å². The van der Waals surface area contributed by atoms with Crippen molar-refractivity contribution in [3.63, 3.8) is 0 Å². The quantitative estimate of drug-likeness (QED) is 0.321. The second-order valence-electron chi connectivity index (χ2n) is 7.75. The smallest absolute Gasteiger partial charge is 0.295 e. The van der Waals surface area contributed by atoms with Crippen molar-refractivity contribution in [2.45, 2.75) is 39.7 Å².